The van der Waals surface area contributed by atoms with Crippen LogP contribution < -0.4 is 5.32 Å². The molecule has 0 bridgehead atoms. The SMILES string of the molecule is C[C@H]1CNCc2nnc(C(F)(F)F)n21. The minimum absolute atomic E-state index is 0.259. The van der Waals surface area contributed by atoms with Gasteiger partial charge in [0.2, 0.25) is 5.82 Å². The van der Waals surface area contributed by atoms with E-state index in [1.165, 1.54) is 0 Å². The first-order valence-corrected chi connectivity index (χ1v) is 4.22. The van der Waals surface area contributed by atoms with Crippen LogP contribution in [0.4, 0.5) is 13.2 Å². The van der Waals surface area contributed by atoms with Gasteiger partial charge >= 0.3 is 6.18 Å². The maximum absolute atomic E-state index is 12.4. The second-order valence-corrected chi connectivity index (χ2v) is 3.29. The van der Waals surface area contributed by atoms with E-state index < -0.39 is 12.0 Å². The molecule has 0 amide bonds. The number of aromatic nitrogens is 3. The lowest BCUT2D eigenvalue weighted by molar-refractivity contribution is -0.148. The summed E-state index contributed by atoms with van der Waals surface area (Å²) in [6.45, 7) is 2.55. The number of nitrogens with one attached hydrogen (secondary N) is 1. The van der Waals surface area contributed by atoms with Gasteiger partial charge in [-0.3, -0.25) is 0 Å². The van der Waals surface area contributed by atoms with Crippen LogP contribution >= 0.6 is 0 Å². The number of fused-ring (bicyclic) bond motifs is 1. The highest BCUT2D eigenvalue weighted by molar-refractivity contribution is 5.04. The summed E-state index contributed by atoms with van der Waals surface area (Å²) in [5.41, 5.74) is 0. The Bertz CT molecular complexity index is 343. The first-order chi connectivity index (χ1) is 6.50. The third-order valence-corrected chi connectivity index (χ3v) is 2.18. The second-order valence-electron chi connectivity index (χ2n) is 3.29. The minimum atomic E-state index is -4.42. The van der Waals surface area contributed by atoms with Crippen LogP contribution in [-0.2, 0) is 12.7 Å². The van der Waals surface area contributed by atoms with E-state index in [0.717, 1.165) is 4.57 Å². The van der Waals surface area contributed by atoms with Gasteiger partial charge in [0.25, 0.3) is 0 Å². The summed E-state index contributed by atoms with van der Waals surface area (Å²) in [6, 6.07) is -0.259. The standard InChI is InChI=1S/C7H9F3N4/c1-4-2-11-3-5-12-13-6(14(4)5)7(8,9)10/h4,11H,2-3H2,1H3/t4-/m0/s1. The largest absolute Gasteiger partial charge is 0.451 e. The Hall–Kier alpha value is -1.11. The number of rotatable bonds is 0. The molecule has 78 valence electrons. The van der Waals surface area contributed by atoms with Crippen LogP contribution in [0.5, 0.6) is 0 Å². The van der Waals surface area contributed by atoms with Gasteiger partial charge < -0.3 is 9.88 Å². The average Bonchev–Trinajstić information content (AvgIpc) is 2.47. The maximum atomic E-state index is 12.4. The molecular weight excluding hydrogens is 197 g/mol. The number of hydrogen-bond acceptors (Lipinski definition) is 3. The van der Waals surface area contributed by atoms with E-state index in [2.05, 4.69) is 15.5 Å². The smallest absolute Gasteiger partial charge is 0.308 e. The highest BCUT2D eigenvalue weighted by Crippen LogP contribution is 2.30. The highest BCUT2D eigenvalue weighted by atomic mass is 19.4. The van der Waals surface area contributed by atoms with Crippen molar-refractivity contribution in [1.82, 2.24) is 20.1 Å². The fraction of sp³-hybridized carbons (Fsp3) is 0.714. The molecule has 2 heterocycles. The summed E-state index contributed by atoms with van der Waals surface area (Å²) in [5.74, 6) is -0.558. The van der Waals surface area contributed by atoms with Crippen LogP contribution in [0.25, 0.3) is 0 Å². The Morgan fingerprint density at radius 1 is 1.43 bits per heavy atom. The third-order valence-electron chi connectivity index (χ3n) is 2.18. The van der Waals surface area contributed by atoms with Crippen LogP contribution in [0.3, 0.4) is 0 Å². The van der Waals surface area contributed by atoms with E-state index in [-0.39, 0.29) is 6.04 Å². The lowest BCUT2D eigenvalue weighted by atomic mass is 10.2. The maximum Gasteiger partial charge on any atom is 0.451 e. The van der Waals surface area contributed by atoms with Crippen LogP contribution in [-0.4, -0.2) is 21.3 Å². The molecule has 1 aliphatic heterocycles. The number of hydrogen-bond donors (Lipinski definition) is 1. The van der Waals surface area contributed by atoms with Crippen molar-refractivity contribution >= 4 is 0 Å². The van der Waals surface area contributed by atoms with Gasteiger partial charge in [0, 0.05) is 12.6 Å². The summed E-state index contributed by atoms with van der Waals surface area (Å²) in [6.07, 6.45) is -4.42. The van der Waals surface area contributed by atoms with Gasteiger partial charge in [-0.15, -0.1) is 10.2 Å². The first-order valence-electron chi connectivity index (χ1n) is 4.22. The summed E-state index contributed by atoms with van der Waals surface area (Å²) in [7, 11) is 0. The van der Waals surface area contributed by atoms with Crippen molar-refractivity contribution in [3.63, 3.8) is 0 Å². The van der Waals surface area contributed by atoms with Gasteiger partial charge in [0.05, 0.1) is 6.54 Å². The second kappa shape index (κ2) is 2.94. The van der Waals surface area contributed by atoms with Gasteiger partial charge in [0.1, 0.15) is 5.82 Å². The lowest BCUT2D eigenvalue weighted by Gasteiger charge is -2.23. The van der Waals surface area contributed by atoms with Crippen LogP contribution in [0.1, 0.15) is 24.6 Å². The van der Waals surface area contributed by atoms with Gasteiger partial charge in [0.15, 0.2) is 0 Å². The highest BCUT2D eigenvalue weighted by Gasteiger charge is 2.40. The Morgan fingerprint density at radius 3 is 2.79 bits per heavy atom. The summed E-state index contributed by atoms with van der Waals surface area (Å²) < 4.78 is 38.5. The Balaban J connectivity index is 2.49. The van der Waals surface area contributed by atoms with Crippen molar-refractivity contribution in [2.75, 3.05) is 6.54 Å². The zero-order valence-electron chi connectivity index (χ0n) is 7.47. The molecule has 1 aliphatic rings. The van der Waals surface area contributed by atoms with E-state index in [1.807, 2.05) is 0 Å². The summed E-state index contributed by atoms with van der Waals surface area (Å²) in [4.78, 5) is 0. The number of alkyl halides is 3. The van der Waals surface area contributed by atoms with Crippen molar-refractivity contribution in [2.45, 2.75) is 25.7 Å². The molecule has 0 saturated carbocycles. The van der Waals surface area contributed by atoms with Crippen LogP contribution in [0, 0.1) is 0 Å². The van der Waals surface area contributed by atoms with Crippen LogP contribution in [0.2, 0.25) is 0 Å². The summed E-state index contributed by atoms with van der Waals surface area (Å²) >= 11 is 0. The van der Waals surface area contributed by atoms with E-state index in [4.69, 9.17) is 0 Å². The Morgan fingerprint density at radius 2 is 2.14 bits per heavy atom. The van der Waals surface area contributed by atoms with Crippen molar-refractivity contribution in [3.8, 4) is 0 Å². The predicted molar refractivity (Wildman–Crippen MR) is 41.4 cm³/mol. The van der Waals surface area contributed by atoms with Gasteiger partial charge in [-0.05, 0) is 6.92 Å². The molecular formula is C7H9F3N4. The van der Waals surface area contributed by atoms with E-state index in [1.54, 1.807) is 6.92 Å². The van der Waals surface area contributed by atoms with Crippen molar-refractivity contribution in [3.05, 3.63) is 11.6 Å². The number of nitrogens with zero attached hydrogens (tertiary/aromatic N) is 3. The normalized spacial score (nSPS) is 22.1. The van der Waals surface area contributed by atoms with Gasteiger partial charge in [-0.2, -0.15) is 13.2 Å². The fourth-order valence-electron chi connectivity index (χ4n) is 1.58. The zero-order valence-corrected chi connectivity index (χ0v) is 7.47. The molecule has 7 heteroatoms. The van der Waals surface area contributed by atoms with E-state index in [0.29, 0.717) is 18.9 Å². The molecule has 0 aromatic carbocycles. The quantitative estimate of drug-likeness (QED) is 0.687. The van der Waals surface area contributed by atoms with Gasteiger partial charge in [-0.1, -0.05) is 0 Å². The first kappa shape index (κ1) is 9.45. The van der Waals surface area contributed by atoms with Crippen LogP contribution in [0.15, 0.2) is 0 Å². The molecule has 0 aliphatic carbocycles. The fourth-order valence-corrected chi connectivity index (χ4v) is 1.58. The molecule has 0 unspecified atom stereocenters. The molecule has 14 heavy (non-hydrogen) atoms. The molecule has 1 atom stereocenters. The molecule has 1 aromatic heterocycles. The molecule has 4 nitrogen and oxygen atoms in total. The Kier molecular flexibility index (Phi) is 1.99. The van der Waals surface area contributed by atoms with Gasteiger partial charge in [-0.25, -0.2) is 0 Å². The summed E-state index contributed by atoms with van der Waals surface area (Å²) in [5, 5.41) is 9.64. The minimum Gasteiger partial charge on any atom is -0.308 e. The molecule has 1 aromatic rings. The third kappa shape index (κ3) is 1.37. The van der Waals surface area contributed by atoms with Crippen molar-refractivity contribution in [2.24, 2.45) is 0 Å². The predicted octanol–water partition coefficient (Wildman–Crippen LogP) is 0.961. The zero-order chi connectivity index (χ0) is 10.3. The average molecular weight is 206 g/mol. The Labute approximate surface area is 78.1 Å². The molecule has 0 saturated heterocycles. The molecule has 0 spiro atoms. The molecule has 2 rings (SSSR count). The van der Waals surface area contributed by atoms with E-state index in [9.17, 15) is 13.2 Å². The van der Waals surface area contributed by atoms with Crippen molar-refractivity contribution in [1.29, 1.82) is 0 Å². The monoisotopic (exact) mass is 206 g/mol. The number of halogens is 3. The molecule has 0 fully saturated rings. The van der Waals surface area contributed by atoms with Crippen molar-refractivity contribution < 1.29 is 13.2 Å². The molecule has 0 radical (unpaired) electrons. The topological polar surface area (TPSA) is 42.7 Å². The lowest BCUT2D eigenvalue weighted by Crippen LogP contribution is -2.33. The molecule has 1 N–H and O–H groups in total. The van der Waals surface area contributed by atoms with E-state index >= 15 is 0 Å².